The number of ketones is 1. The summed E-state index contributed by atoms with van der Waals surface area (Å²) in [5.41, 5.74) is 0.826. The summed E-state index contributed by atoms with van der Waals surface area (Å²) in [6.45, 7) is -0.163. The molecule has 0 unspecified atom stereocenters. The van der Waals surface area contributed by atoms with Crippen molar-refractivity contribution in [2.45, 2.75) is 12.6 Å². The Balaban J connectivity index is 1.80. The second-order valence-corrected chi connectivity index (χ2v) is 4.39. The van der Waals surface area contributed by atoms with Crippen LogP contribution in [-0.4, -0.2) is 47.1 Å². The molecule has 0 bridgehead atoms. The topological polar surface area (TPSA) is 95.9 Å². The fraction of sp³-hybridized carbons (Fsp3) is 0.308. The van der Waals surface area contributed by atoms with Crippen molar-refractivity contribution in [1.29, 1.82) is 0 Å². The summed E-state index contributed by atoms with van der Waals surface area (Å²) >= 11 is 0. The molecule has 20 heavy (non-hydrogen) atoms. The Labute approximate surface area is 115 Å². The van der Waals surface area contributed by atoms with Gasteiger partial charge in [0, 0.05) is 0 Å². The van der Waals surface area contributed by atoms with Gasteiger partial charge in [0.2, 0.25) is 0 Å². The van der Waals surface area contributed by atoms with Gasteiger partial charge in [0.15, 0.2) is 5.78 Å². The van der Waals surface area contributed by atoms with Gasteiger partial charge in [-0.3, -0.25) is 9.69 Å². The number of alkyl carbamates (subject to hydrolysis) is 1. The maximum atomic E-state index is 11.5. The van der Waals surface area contributed by atoms with Gasteiger partial charge in [-0.2, -0.15) is 0 Å². The number of carbonyl (C=O) groups excluding carboxylic acids is 2. The van der Waals surface area contributed by atoms with E-state index in [1.807, 2.05) is 18.2 Å². The molecule has 106 valence electrons. The number of nitrogens with one attached hydrogen (secondary N) is 1. The summed E-state index contributed by atoms with van der Waals surface area (Å²) < 4.78 is 4.97. The van der Waals surface area contributed by atoms with E-state index in [9.17, 15) is 14.4 Å². The van der Waals surface area contributed by atoms with Crippen LogP contribution < -0.4 is 5.32 Å². The predicted octanol–water partition coefficient (Wildman–Crippen LogP) is 0.844. The molecule has 1 fully saturated rings. The second kappa shape index (κ2) is 6.05. The van der Waals surface area contributed by atoms with Crippen LogP contribution in [0, 0.1) is 0 Å². The number of carboxylic acid groups (broad SMARTS) is 1. The Kier molecular flexibility index (Phi) is 4.19. The quantitative estimate of drug-likeness (QED) is 0.854. The van der Waals surface area contributed by atoms with Gasteiger partial charge in [-0.15, -0.1) is 0 Å². The monoisotopic (exact) mass is 278 g/mol. The van der Waals surface area contributed by atoms with Gasteiger partial charge in [0.05, 0.1) is 13.1 Å². The van der Waals surface area contributed by atoms with Gasteiger partial charge in [-0.1, -0.05) is 30.3 Å². The summed E-state index contributed by atoms with van der Waals surface area (Å²) in [7, 11) is 0. The number of Topliss-reactive ketones (excluding diaryl/α,β-unsaturated/α-hetero) is 1. The van der Waals surface area contributed by atoms with E-state index < -0.39 is 18.2 Å². The molecule has 1 aromatic carbocycles. The van der Waals surface area contributed by atoms with Gasteiger partial charge >= 0.3 is 12.2 Å². The standard InChI is InChI=1S/C13H14N2O5/c16-11-7-15(13(18)19)6-10(11)14-12(17)20-8-9-4-2-1-3-5-9/h1-5,10H,6-8H2,(H,14,17)(H,18,19)/t10-/m0/s1. The molecule has 2 N–H and O–H groups in total. The average Bonchev–Trinajstić information content (AvgIpc) is 2.79. The third-order valence-electron chi connectivity index (χ3n) is 2.91. The lowest BCUT2D eigenvalue weighted by Crippen LogP contribution is -2.41. The highest BCUT2D eigenvalue weighted by Gasteiger charge is 2.34. The van der Waals surface area contributed by atoms with E-state index in [1.165, 1.54) is 0 Å². The second-order valence-electron chi connectivity index (χ2n) is 4.39. The first kappa shape index (κ1) is 13.9. The number of hydrogen-bond acceptors (Lipinski definition) is 4. The van der Waals surface area contributed by atoms with E-state index in [-0.39, 0.29) is 25.5 Å². The lowest BCUT2D eigenvalue weighted by Gasteiger charge is -2.12. The normalized spacial score (nSPS) is 17.9. The summed E-state index contributed by atoms with van der Waals surface area (Å²) in [6.07, 6.45) is -1.92. The van der Waals surface area contributed by atoms with E-state index in [0.717, 1.165) is 10.5 Å². The third-order valence-corrected chi connectivity index (χ3v) is 2.91. The molecule has 7 heteroatoms. The van der Waals surface area contributed by atoms with Crippen molar-refractivity contribution in [3.63, 3.8) is 0 Å². The molecule has 7 nitrogen and oxygen atoms in total. The molecule has 0 aromatic heterocycles. The Morgan fingerprint density at radius 3 is 2.65 bits per heavy atom. The lowest BCUT2D eigenvalue weighted by atomic mass is 10.2. The highest BCUT2D eigenvalue weighted by Crippen LogP contribution is 2.07. The zero-order chi connectivity index (χ0) is 14.5. The van der Waals surface area contributed by atoms with Crippen LogP contribution in [0.25, 0.3) is 0 Å². The zero-order valence-corrected chi connectivity index (χ0v) is 10.6. The minimum absolute atomic E-state index is 0.0470. The molecule has 2 amide bonds. The Hall–Kier alpha value is -2.57. The maximum absolute atomic E-state index is 11.5. The van der Waals surface area contributed by atoms with Gasteiger partial charge in [0.25, 0.3) is 0 Å². The van der Waals surface area contributed by atoms with E-state index in [1.54, 1.807) is 12.1 Å². The van der Waals surface area contributed by atoms with Crippen LogP contribution in [0.2, 0.25) is 0 Å². The summed E-state index contributed by atoms with van der Waals surface area (Å²) in [4.78, 5) is 34.7. The van der Waals surface area contributed by atoms with Crippen molar-refractivity contribution in [2.24, 2.45) is 0 Å². The predicted molar refractivity (Wildman–Crippen MR) is 68.2 cm³/mol. The van der Waals surface area contributed by atoms with Crippen molar-refractivity contribution in [2.75, 3.05) is 13.1 Å². The first-order valence-electron chi connectivity index (χ1n) is 6.04. The van der Waals surface area contributed by atoms with Gasteiger partial charge in [-0.25, -0.2) is 9.59 Å². The van der Waals surface area contributed by atoms with Crippen molar-refractivity contribution < 1.29 is 24.2 Å². The maximum Gasteiger partial charge on any atom is 0.408 e. The number of ether oxygens (including phenoxy) is 1. The molecule has 1 aliphatic rings. The number of carbonyl (C=O) groups is 3. The Morgan fingerprint density at radius 1 is 1.35 bits per heavy atom. The van der Waals surface area contributed by atoms with Crippen LogP contribution in [0.5, 0.6) is 0 Å². The Morgan fingerprint density at radius 2 is 2.05 bits per heavy atom. The minimum Gasteiger partial charge on any atom is -0.465 e. The molecule has 1 aliphatic heterocycles. The van der Waals surface area contributed by atoms with Crippen molar-refractivity contribution in [3.8, 4) is 0 Å². The first-order valence-corrected chi connectivity index (χ1v) is 6.04. The number of rotatable bonds is 3. The number of nitrogens with zero attached hydrogens (tertiary/aromatic N) is 1. The van der Waals surface area contributed by atoms with Crippen LogP contribution >= 0.6 is 0 Å². The van der Waals surface area contributed by atoms with E-state index in [4.69, 9.17) is 9.84 Å². The number of likely N-dealkylation sites (tertiary alicyclic amines) is 1. The number of amides is 2. The SMILES string of the molecule is O=C(N[C@H]1CN(C(=O)O)CC1=O)OCc1ccccc1. The number of hydrogen-bond donors (Lipinski definition) is 2. The first-order chi connectivity index (χ1) is 9.56. The van der Waals surface area contributed by atoms with Crippen molar-refractivity contribution in [1.82, 2.24) is 10.2 Å². The van der Waals surface area contributed by atoms with Crippen LogP contribution in [-0.2, 0) is 16.1 Å². The molecule has 1 saturated heterocycles. The third kappa shape index (κ3) is 3.47. The highest BCUT2D eigenvalue weighted by atomic mass is 16.5. The van der Waals surface area contributed by atoms with Gasteiger partial charge in [0.1, 0.15) is 12.6 Å². The number of benzene rings is 1. The molecule has 1 aromatic rings. The molecule has 0 radical (unpaired) electrons. The minimum atomic E-state index is -1.18. The van der Waals surface area contributed by atoms with E-state index in [0.29, 0.717) is 0 Å². The van der Waals surface area contributed by atoms with Crippen LogP contribution in [0.1, 0.15) is 5.56 Å². The van der Waals surface area contributed by atoms with E-state index >= 15 is 0 Å². The van der Waals surface area contributed by atoms with Crippen LogP contribution in [0.3, 0.4) is 0 Å². The molecule has 0 aliphatic carbocycles. The summed E-state index contributed by atoms with van der Waals surface area (Å²) in [6, 6.07) is 8.26. The largest absolute Gasteiger partial charge is 0.465 e. The van der Waals surface area contributed by atoms with Crippen molar-refractivity contribution in [3.05, 3.63) is 35.9 Å². The molecule has 0 spiro atoms. The molecule has 0 saturated carbocycles. The van der Waals surface area contributed by atoms with Gasteiger partial charge in [-0.05, 0) is 5.56 Å². The molecular weight excluding hydrogens is 264 g/mol. The fourth-order valence-electron chi connectivity index (χ4n) is 1.86. The smallest absolute Gasteiger partial charge is 0.408 e. The van der Waals surface area contributed by atoms with Gasteiger partial charge < -0.3 is 15.2 Å². The van der Waals surface area contributed by atoms with Crippen LogP contribution in [0.15, 0.2) is 30.3 Å². The Bertz CT molecular complexity index is 517. The molecule has 2 rings (SSSR count). The van der Waals surface area contributed by atoms with Crippen molar-refractivity contribution >= 4 is 18.0 Å². The highest BCUT2D eigenvalue weighted by molar-refractivity contribution is 5.93. The average molecular weight is 278 g/mol. The van der Waals surface area contributed by atoms with Crippen LogP contribution in [0.4, 0.5) is 9.59 Å². The summed E-state index contributed by atoms with van der Waals surface area (Å²) in [5.74, 6) is -0.343. The molecule has 1 heterocycles. The van der Waals surface area contributed by atoms with E-state index in [2.05, 4.69) is 5.32 Å². The molecule has 1 atom stereocenters. The zero-order valence-electron chi connectivity index (χ0n) is 10.6. The fourth-order valence-corrected chi connectivity index (χ4v) is 1.86. The molecular formula is C13H14N2O5. The lowest BCUT2D eigenvalue weighted by molar-refractivity contribution is -0.118. The summed E-state index contributed by atoms with van der Waals surface area (Å²) in [5, 5.41) is 11.1.